The first kappa shape index (κ1) is 18.4. The predicted octanol–water partition coefficient (Wildman–Crippen LogP) is 2.25. The third-order valence-electron chi connectivity index (χ3n) is 4.42. The molecule has 1 fully saturated rings. The third kappa shape index (κ3) is 3.74. The van der Waals surface area contributed by atoms with E-state index in [9.17, 15) is 22.8 Å². The van der Waals surface area contributed by atoms with Crippen LogP contribution in [-0.2, 0) is 10.3 Å². The van der Waals surface area contributed by atoms with Gasteiger partial charge in [0, 0.05) is 25.5 Å². The van der Waals surface area contributed by atoms with Crippen LogP contribution in [0.2, 0.25) is 0 Å². The van der Waals surface area contributed by atoms with E-state index in [-0.39, 0.29) is 31.8 Å². The molecule has 1 aliphatic rings. The number of halogens is 3. The van der Waals surface area contributed by atoms with Gasteiger partial charge in [0.25, 0.3) is 5.91 Å². The minimum atomic E-state index is -4.49. The second-order valence-corrected chi connectivity index (χ2v) is 7.00. The fourth-order valence-corrected chi connectivity index (χ4v) is 3.75. The maximum Gasteiger partial charge on any atom is 0.405 e. The molecule has 1 saturated heterocycles. The average molecular weight is 386 g/mol. The lowest BCUT2D eigenvalue weighted by molar-refractivity contribution is -0.146. The number of carbonyl (C=O) groups is 2. The molecule has 0 spiro atoms. The van der Waals surface area contributed by atoms with Gasteiger partial charge >= 0.3 is 6.18 Å². The second kappa shape index (κ2) is 7.10. The molecule has 0 radical (unpaired) electrons. The van der Waals surface area contributed by atoms with Gasteiger partial charge in [-0.25, -0.2) is 0 Å². The van der Waals surface area contributed by atoms with E-state index in [0.717, 1.165) is 0 Å². The molecule has 2 aromatic heterocycles. The Balaban J connectivity index is 1.75. The van der Waals surface area contributed by atoms with Crippen molar-refractivity contribution in [1.82, 2.24) is 20.0 Å². The predicted molar refractivity (Wildman–Crippen MR) is 88.7 cm³/mol. The number of carbonyl (C=O) groups excluding carboxylic acids is 2. The van der Waals surface area contributed by atoms with Crippen molar-refractivity contribution >= 4 is 23.2 Å². The summed E-state index contributed by atoms with van der Waals surface area (Å²) in [5.74, 6) is -0.869. The molecule has 1 N–H and O–H groups in total. The van der Waals surface area contributed by atoms with Crippen LogP contribution in [0.4, 0.5) is 13.2 Å². The van der Waals surface area contributed by atoms with E-state index in [2.05, 4.69) is 5.10 Å². The minimum absolute atomic E-state index is 0.134. The number of aromatic nitrogens is 2. The highest BCUT2D eigenvalue weighted by Crippen LogP contribution is 2.31. The van der Waals surface area contributed by atoms with Crippen molar-refractivity contribution in [3.05, 3.63) is 40.8 Å². The third-order valence-corrected chi connectivity index (χ3v) is 5.28. The van der Waals surface area contributed by atoms with Crippen molar-refractivity contribution in [1.29, 1.82) is 0 Å². The quantitative estimate of drug-likeness (QED) is 0.877. The summed E-state index contributed by atoms with van der Waals surface area (Å²) in [5.41, 5.74) is -1.24. The Morgan fingerprint density at radius 2 is 2.00 bits per heavy atom. The number of likely N-dealkylation sites (tertiary alicyclic amines) is 1. The largest absolute Gasteiger partial charge is 0.405 e. The van der Waals surface area contributed by atoms with Crippen LogP contribution in [0.1, 0.15) is 22.5 Å². The van der Waals surface area contributed by atoms with Gasteiger partial charge in [0.2, 0.25) is 5.91 Å². The van der Waals surface area contributed by atoms with Crippen molar-refractivity contribution < 1.29 is 22.8 Å². The summed E-state index contributed by atoms with van der Waals surface area (Å²) >= 11 is 1.33. The number of amides is 2. The standard InChI is InChI=1S/C16H17F3N4O2S/c17-16(18,19)11-20-14(25)15(23-7-2-6-21-23)4-8-22(9-5-15)13(24)12-3-1-10-26-12/h1-3,6-7,10H,4-5,8-9,11H2,(H,20,25). The minimum Gasteiger partial charge on any atom is -0.345 e. The van der Waals surface area contributed by atoms with Crippen LogP contribution in [0.25, 0.3) is 0 Å². The summed E-state index contributed by atoms with van der Waals surface area (Å²) in [6, 6.07) is 5.11. The molecule has 6 nitrogen and oxygen atoms in total. The van der Waals surface area contributed by atoms with E-state index >= 15 is 0 Å². The number of piperidine rings is 1. The first-order chi connectivity index (χ1) is 12.3. The summed E-state index contributed by atoms with van der Waals surface area (Å²) < 4.78 is 38.9. The lowest BCUT2D eigenvalue weighted by Gasteiger charge is -2.40. The first-order valence-corrected chi connectivity index (χ1v) is 8.88. The molecule has 0 saturated carbocycles. The Morgan fingerprint density at radius 1 is 1.27 bits per heavy atom. The van der Waals surface area contributed by atoms with Crippen molar-refractivity contribution in [2.75, 3.05) is 19.6 Å². The Morgan fingerprint density at radius 3 is 2.54 bits per heavy atom. The number of rotatable bonds is 4. The Bertz CT molecular complexity index is 751. The molecule has 140 valence electrons. The number of nitrogens with one attached hydrogen (secondary N) is 1. The van der Waals surface area contributed by atoms with Gasteiger partial charge in [-0.1, -0.05) is 6.07 Å². The van der Waals surface area contributed by atoms with Crippen LogP contribution in [0.15, 0.2) is 36.0 Å². The number of hydrogen-bond acceptors (Lipinski definition) is 4. The van der Waals surface area contributed by atoms with Crippen LogP contribution in [-0.4, -0.2) is 52.3 Å². The van der Waals surface area contributed by atoms with E-state index in [0.29, 0.717) is 4.88 Å². The molecule has 0 unspecified atom stereocenters. The fourth-order valence-electron chi connectivity index (χ4n) is 3.06. The number of thiophene rings is 1. The number of hydrogen-bond donors (Lipinski definition) is 1. The summed E-state index contributed by atoms with van der Waals surface area (Å²) in [6.07, 6.45) is -1.08. The van der Waals surface area contributed by atoms with Crippen LogP contribution in [0.3, 0.4) is 0 Å². The molecule has 2 amide bonds. The van der Waals surface area contributed by atoms with Gasteiger partial charge in [0.05, 0.1) is 4.88 Å². The van der Waals surface area contributed by atoms with Crippen LogP contribution >= 0.6 is 11.3 Å². The summed E-state index contributed by atoms with van der Waals surface area (Å²) in [4.78, 5) is 27.3. The highest BCUT2D eigenvalue weighted by molar-refractivity contribution is 7.12. The van der Waals surface area contributed by atoms with Gasteiger partial charge in [0.15, 0.2) is 0 Å². The molecule has 1 aliphatic heterocycles. The summed E-state index contributed by atoms with van der Waals surface area (Å²) in [7, 11) is 0. The van der Waals surface area contributed by atoms with Crippen LogP contribution < -0.4 is 5.32 Å². The van der Waals surface area contributed by atoms with Gasteiger partial charge in [-0.2, -0.15) is 18.3 Å². The SMILES string of the molecule is O=C(c1cccs1)N1CCC(C(=O)NCC(F)(F)F)(n2cccn2)CC1. The monoisotopic (exact) mass is 386 g/mol. The fraction of sp³-hybridized carbons (Fsp3) is 0.438. The average Bonchev–Trinajstić information content (AvgIpc) is 3.31. The zero-order chi connectivity index (χ0) is 18.8. The van der Waals surface area contributed by atoms with Crippen molar-refractivity contribution in [2.24, 2.45) is 0 Å². The van der Waals surface area contributed by atoms with Crippen molar-refractivity contribution in [2.45, 2.75) is 24.6 Å². The molecule has 3 heterocycles. The van der Waals surface area contributed by atoms with E-state index < -0.39 is 24.2 Å². The Hall–Kier alpha value is -2.36. The van der Waals surface area contributed by atoms with Crippen molar-refractivity contribution in [3.8, 4) is 0 Å². The molecular weight excluding hydrogens is 369 g/mol. The smallest absolute Gasteiger partial charge is 0.345 e. The zero-order valence-electron chi connectivity index (χ0n) is 13.7. The molecule has 2 aromatic rings. The summed E-state index contributed by atoms with van der Waals surface area (Å²) in [5, 5.41) is 7.84. The lowest BCUT2D eigenvalue weighted by Crippen LogP contribution is -2.57. The maximum atomic E-state index is 12.6. The van der Waals surface area contributed by atoms with E-state index in [4.69, 9.17) is 0 Å². The molecule has 0 aliphatic carbocycles. The molecule has 0 bridgehead atoms. The van der Waals surface area contributed by atoms with E-state index in [1.807, 2.05) is 5.32 Å². The van der Waals surface area contributed by atoms with Gasteiger partial charge in [0.1, 0.15) is 12.1 Å². The topological polar surface area (TPSA) is 67.2 Å². The van der Waals surface area contributed by atoms with Gasteiger partial charge < -0.3 is 10.2 Å². The van der Waals surface area contributed by atoms with E-state index in [1.54, 1.807) is 34.7 Å². The van der Waals surface area contributed by atoms with E-state index in [1.165, 1.54) is 22.2 Å². The number of alkyl halides is 3. The highest BCUT2D eigenvalue weighted by Gasteiger charge is 2.45. The van der Waals surface area contributed by atoms with Crippen molar-refractivity contribution in [3.63, 3.8) is 0 Å². The van der Waals surface area contributed by atoms with Gasteiger partial charge in [-0.15, -0.1) is 11.3 Å². The molecule has 0 aromatic carbocycles. The molecule has 26 heavy (non-hydrogen) atoms. The molecule has 10 heteroatoms. The molecule has 0 atom stereocenters. The second-order valence-electron chi connectivity index (χ2n) is 6.05. The Labute approximate surface area is 151 Å². The van der Waals surface area contributed by atoms with Crippen LogP contribution in [0.5, 0.6) is 0 Å². The maximum absolute atomic E-state index is 12.6. The first-order valence-electron chi connectivity index (χ1n) is 8.00. The van der Waals surface area contributed by atoms with Crippen LogP contribution in [0, 0.1) is 0 Å². The lowest BCUT2D eigenvalue weighted by atomic mass is 9.86. The summed E-state index contributed by atoms with van der Waals surface area (Å²) in [6.45, 7) is -0.876. The zero-order valence-corrected chi connectivity index (χ0v) is 14.5. The number of nitrogens with zero attached hydrogens (tertiary/aromatic N) is 3. The van der Waals surface area contributed by atoms with Gasteiger partial charge in [-0.3, -0.25) is 14.3 Å². The highest BCUT2D eigenvalue weighted by atomic mass is 32.1. The normalized spacial score (nSPS) is 17.1. The molecular formula is C16H17F3N4O2S. The van der Waals surface area contributed by atoms with Gasteiger partial charge in [-0.05, 0) is 30.4 Å². The Kier molecular flexibility index (Phi) is 5.03. The molecule has 3 rings (SSSR count).